The lowest BCUT2D eigenvalue weighted by atomic mass is 9.78. The lowest BCUT2D eigenvalue weighted by molar-refractivity contribution is 0.00578. The van der Waals surface area contributed by atoms with Gasteiger partial charge in [-0.15, -0.1) is 0 Å². The molecule has 150 valence electrons. The SMILES string of the molecule is CC1(C)OB(c2cnc(-c3ccc4cc(C#N)cnn34)cc2NCC#N)OC1(C)C. The van der Waals surface area contributed by atoms with Crippen LogP contribution in [0, 0.1) is 22.7 Å². The van der Waals surface area contributed by atoms with Crippen molar-refractivity contribution in [3.8, 4) is 23.5 Å². The van der Waals surface area contributed by atoms with Gasteiger partial charge in [-0.05, 0) is 52.0 Å². The first-order chi connectivity index (χ1) is 14.3. The Morgan fingerprint density at radius 3 is 2.50 bits per heavy atom. The van der Waals surface area contributed by atoms with E-state index in [0.717, 1.165) is 16.7 Å². The van der Waals surface area contributed by atoms with Crippen LogP contribution in [0.4, 0.5) is 5.69 Å². The molecule has 0 amide bonds. The second kappa shape index (κ2) is 7.14. The van der Waals surface area contributed by atoms with Gasteiger partial charge in [0.25, 0.3) is 0 Å². The Labute approximate surface area is 175 Å². The van der Waals surface area contributed by atoms with Gasteiger partial charge < -0.3 is 14.6 Å². The molecule has 1 fully saturated rings. The van der Waals surface area contributed by atoms with E-state index >= 15 is 0 Å². The van der Waals surface area contributed by atoms with E-state index in [2.05, 4.69) is 27.5 Å². The van der Waals surface area contributed by atoms with Crippen LogP contribution >= 0.6 is 0 Å². The summed E-state index contributed by atoms with van der Waals surface area (Å²) in [7, 11) is -0.599. The minimum absolute atomic E-state index is 0.134. The Kier molecular flexibility index (Phi) is 4.73. The molecule has 4 rings (SSSR count). The molecule has 1 aliphatic heterocycles. The summed E-state index contributed by atoms with van der Waals surface area (Å²) < 4.78 is 14.1. The van der Waals surface area contributed by atoms with Crippen molar-refractivity contribution in [1.82, 2.24) is 14.6 Å². The number of hydrogen-bond donors (Lipinski definition) is 1. The van der Waals surface area contributed by atoms with Crippen molar-refractivity contribution in [2.75, 3.05) is 11.9 Å². The monoisotopic (exact) mass is 400 g/mol. The largest absolute Gasteiger partial charge is 0.498 e. The molecule has 0 radical (unpaired) electrons. The first-order valence-corrected chi connectivity index (χ1v) is 9.60. The maximum absolute atomic E-state index is 9.08. The number of nitrogens with zero attached hydrogens (tertiary/aromatic N) is 5. The van der Waals surface area contributed by atoms with Crippen molar-refractivity contribution in [2.24, 2.45) is 0 Å². The quantitative estimate of drug-likeness (QED) is 0.530. The molecule has 0 aliphatic carbocycles. The molecular weight excluding hydrogens is 379 g/mol. The van der Waals surface area contributed by atoms with Crippen LogP contribution in [0.1, 0.15) is 33.3 Å². The van der Waals surface area contributed by atoms with Crippen LogP contribution in [-0.2, 0) is 9.31 Å². The summed E-state index contributed by atoms with van der Waals surface area (Å²) in [6.45, 7) is 8.10. The maximum atomic E-state index is 9.08. The zero-order chi connectivity index (χ0) is 21.5. The highest BCUT2D eigenvalue weighted by molar-refractivity contribution is 6.63. The Morgan fingerprint density at radius 1 is 1.10 bits per heavy atom. The van der Waals surface area contributed by atoms with Crippen LogP contribution in [0.3, 0.4) is 0 Å². The summed E-state index contributed by atoms with van der Waals surface area (Å²) in [5, 5.41) is 25.6. The van der Waals surface area contributed by atoms with Crippen LogP contribution < -0.4 is 10.8 Å². The average molecular weight is 400 g/mol. The molecule has 3 aromatic rings. The molecule has 8 nitrogen and oxygen atoms in total. The molecule has 9 heteroatoms. The Balaban J connectivity index is 1.76. The number of nitriles is 2. The van der Waals surface area contributed by atoms with Gasteiger partial charge in [0.15, 0.2) is 0 Å². The van der Waals surface area contributed by atoms with Gasteiger partial charge in [-0.3, -0.25) is 4.98 Å². The third kappa shape index (κ3) is 3.28. The molecule has 1 aliphatic rings. The third-order valence-corrected chi connectivity index (χ3v) is 5.69. The second-order valence-electron chi connectivity index (χ2n) is 8.17. The van der Waals surface area contributed by atoms with E-state index in [1.54, 1.807) is 16.8 Å². The van der Waals surface area contributed by atoms with Gasteiger partial charge in [-0.1, -0.05) is 0 Å². The number of aromatic nitrogens is 3. The van der Waals surface area contributed by atoms with Gasteiger partial charge in [0.2, 0.25) is 0 Å². The van der Waals surface area contributed by atoms with Crippen LogP contribution in [0.2, 0.25) is 0 Å². The Hall–Kier alpha value is -3.40. The van der Waals surface area contributed by atoms with Crippen molar-refractivity contribution in [3.05, 3.63) is 42.2 Å². The average Bonchev–Trinajstić information content (AvgIpc) is 3.23. The number of rotatable bonds is 4. The van der Waals surface area contributed by atoms with Crippen molar-refractivity contribution in [1.29, 1.82) is 10.5 Å². The number of fused-ring (bicyclic) bond motifs is 1. The molecule has 30 heavy (non-hydrogen) atoms. The number of nitrogens with one attached hydrogen (secondary N) is 1. The van der Waals surface area contributed by atoms with Gasteiger partial charge in [0.1, 0.15) is 12.6 Å². The van der Waals surface area contributed by atoms with E-state index < -0.39 is 18.3 Å². The smallest absolute Gasteiger partial charge is 0.399 e. The topological polar surface area (TPSA) is 108 Å². The summed E-state index contributed by atoms with van der Waals surface area (Å²) in [4.78, 5) is 4.61. The van der Waals surface area contributed by atoms with Crippen molar-refractivity contribution < 1.29 is 9.31 Å². The summed E-state index contributed by atoms with van der Waals surface area (Å²) in [5.74, 6) is 0. The highest BCUT2D eigenvalue weighted by atomic mass is 16.7. The molecule has 1 N–H and O–H groups in total. The summed E-state index contributed by atoms with van der Waals surface area (Å²) in [6.07, 6.45) is 3.23. The molecule has 0 atom stereocenters. The molecule has 0 unspecified atom stereocenters. The molecule has 0 saturated carbocycles. The fourth-order valence-corrected chi connectivity index (χ4v) is 3.31. The molecule has 0 spiro atoms. The molecule has 4 heterocycles. The summed E-state index contributed by atoms with van der Waals surface area (Å²) >= 11 is 0. The van der Waals surface area contributed by atoms with Gasteiger partial charge in [-0.25, -0.2) is 4.52 Å². The summed E-state index contributed by atoms with van der Waals surface area (Å²) in [6, 6.07) is 11.6. The van der Waals surface area contributed by atoms with Crippen LogP contribution in [-0.4, -0.2) is 39.5 Å². The lowest BCUT2D eigenvalue weighted by Crippen LogP contribution is -2.41. The standard InChI is InChI=1S/C21H21BN6O2/c1-20(2)21(3,4)30-22(29-20)16-13-26-18(10-17(16)25-8-7-23)19-6-5-15-9-14(11-24)12-27-28(15)19/h5-6,9-10,12-13H,8H2,1-4H3,(H,25,26). The van der Waals surface area contributed by atoms with E-state index in [-0.39, 0.29) is 6.54 Å². The van der Waals surface area contributed by atoms with Gasteiger partial charge in [0, 0.05) is 17.3 Å². The molecular formula is C21H21BN6O2. The van der Waals surface area contributed by atoms with E-state index in [9.17, 15) is 0 Å². The predicted molar refractivity (Wildman–Crippen MR) is 113 cm³/mol. The fraction of sp³-hybridized carbons (Fsp3) is 0.333. The Morgan fingerprint density at radius 2 is 1.83 bits per heavy atom. The minimum Gasteiger partial charge on any atom is -0.399 e. The summed E-state index contributed by atoms with van der Waals surface area (Å²) in [5.41, 5.74) is 3.21. The first-order valence-electron chi connectivity index (χ1n) is 9.60. The predicted octanol–water partition coefficient (Wildman–Crippen LogP) is 2.50. The zero-order valence-corrected chi connectivity index (χ0v) is 17.3. The van der Waals surface area contributed by atoms with Crippen LogP contribution in [0.15, 0.2) is 36.7 Å². The number of hydrogen-bond acceptors (Lipinski definition) is 7. The van der Waals surface area contributed by atoms with Crippen LogP contribution in [0.25, 0.3) is 16.9 Å². The maximum Gasteiger partial charge on any atom is 0.498 e. The van der Waals surface area contributed by atoms with E-state index in [4.69, 9.17) is 19.8 Å². The van der Waals surface area contributed by atoms with Gasteiger partial charge >= 0.3 is 7.12 Å². The first kappa shape index (κ1) is 19.9. The second-order valence-corrected chi connectivity index (χ2v) is 8.17. The molecule has 0 bridgehead atoms. The van der Waals surface area contributed by atoms with Crippen LogP contribution in [0.5, 0.6) is 0 Å². The normalized spacial score (nSPS) is 16.9. The minimum atomic E-state index is -0.599. The molecule has 1 saturated heterocycles. The van der Waals surface area contributed by atoms with Gasteiger partial charge in [-0.2, -0.15) is 15.6 Å². The highest BCUT2D eigenvalue weighted by Crippen LogP contribution is 2.37. The number of pyridine rings is 1. The van der Waals surface area contributed by atoms with E-state index in [1.165, 1.54) is 6.20 Å². The van der Waals surface area contributed by atoms with E-state index in [0.29, 0.717) is 16.9 Å². The zero-order valence-electron chi connectivity index (χ0n) is 17.3. The molecule has 3 aromatic heterocycles. The third-order valence-electron chi connectivity index (χ3n) is 5.69. The Bertz CT molecular complexity index is 1190. The van der Waals surface area contributed by atoms with Crippen molar-refractivity contribution >= 4 is 23.8 Å². The van der Waals surface area contributed by atoms with Crippen molar-refractivity contribution in [3.63, 3.8) is 0 Å². The van der Waals surface area contributed by atoms with E-state index in [1.807, 2.05) is 45.9 Å². The van der Waals surface area contributed by atoms with Gasteiger partial charge in [0.05, 0.1) is 45.9 Å². The highest BCUT2D eigenvalue weighted by Gasteiger charge is 2.52. The fourth-order valence-electron chi connectivity index (χ4n) is 3.31. The lowest BCUT2D eigenvalue weighted by Gasteiger charge is -2.32. The number of anilines is 1. The molecule has 0 aromatic carbocycles. The van der Waals surface area contributed by atoms with Crippen molar-refractivity contribution in [2.45, 2.75) is 38.9 Å².